The first kappa shape index (κ1) is 14.8. The van der Waals surface area contributed by atoms with Crippen molar-refractivity contribution in [1.29, 1.82) is 0 Å². The van der Waals surface area contributed by atoms with Gasteiger partial charge in [-0.05, 0) is 37.0 Å². The van der Waals surface area contributed by atoms with E-state index in [1.807, 2.05) is 0 Å². The average molecular weight is 280 g/mol. The van der Waals surface area contributed by atoms with Crippen molar-refractivity contribution in [2.45, 2.75) is 31.7 Å². The number of hydrogen-bond donors (Lipinski definition) is 2. The first-order valence-corrected chi connectivity index (χ1v) is 6.99. The van der Waals surface area contributed by atoms with Crippen LogP contribution in [0, 0.1) is 11.7 Å². The number of hydrogen-bond acceptors (Lipinski definition) is 3. The van der Waals surface area contributed by atoms with Crippen LogP contribution >= 0.6 is 0 Å². The second-order valence-electron chi connectivity index (χ2n) is 5.27. The normalized spacial score (nSPS) is 22.4. The molecule has 1 aromatic carbocycles. The van der Waals surface area contributed by atoms with Crippen molar-refractivity contribution in [3.63, 3.8) is 0 Å². The van der Waals surface area contributed by atoms with Gasteiger partial charge in [-0.1, -0.05) is 12.8 Å². The molecule has 2 unspecified atom stereocenters. The molecule has 0 radical (unpaired) electrons. The summed E-state index contributed by atoms with van der Waals surface area (Å²) >= 11 is 0. The summed E-state index contributed by atoms with van der Waals surface area (Å²) < 4.78 is 18.4. The Bertz CT molecular complexity index is 479. The third-order valence-electron chi connectivity index (χ3n) is 3.91. The Morgan fingerprint density at radius 3 is 2.85 bits per heavy atom. The molecule has 1 aliphatic rings. The Morgan fingerprint density at radius 1 is 1.45 bits per heavy atom. The van der Waals surface area contributed by atoms with E-state index in [0.29, 0.717) is 18.0 Å². The van der Waals surface area contributed by atoms with Crippen LogP contribution in [0.25, 0.3) is 0 Å². The quantitative estimate of drug-likeness (QED) is 0.887. The molecule has 2 atom stereocenters. The molecule has 0 heterocycles. The van der Waals surface area contributed by atoms with E-state index >= 15 is 0 Å². The minimum atomic E-state index is -0.533. The number of benzene rings is 1. The molecule has 5 heteroatoms. The summed E-state index contributed by atoms with van der Waals surface area (Å²) in [5.74, 6) is -0.356. The molecule has 4 nitrogen and oxygen atoms in total. The Balaban J connectivity index is 1.93. The Hall–Kier alpha value is -1.62. The number of halogens is 1. The van der Waals surface area contributed by atoms with Gasteiger partial charge in [-0.15, -0.1) is 0 Å². The van der Waals surface area contributed by atoms with E-state index in [4.69, 9.17) is 10.5 Å². The monoisotopic (exact) mass is 280 g/mol. The van der Waals surface area contributed by atoms with Gasteiger partial charge in [-0.25, -0.2) is 4.39 Å². The van der Waals surface area contributed by atoms with Crippen LogP contribution in [0.15, 0.2) is 18.2 Å². The van der Waals surface area contributed by atoms with Crippen LogP contribution in [-0.2, 0) is 0 Å². The second kappa shape index (κ2) is 6.70. The number of ether oxygens (including phenoxy) is 1. The molecule has 0 aromatic heterocycles. The van der Waals surface area contributed by atoms with Gasteiger partial charge in [0.25, 0.3) is 5.91 Å². The lowest BCUT2D eigenvalue weighted by Gasteiger charge is -2.28. The first-order chi connectivity index (χ1) is 9.61. The Morgan fingerprint density at radius 2 is 2.20 bits per heavy atom. The van der Waals surface area contributed by atoms with Crippen molar-refractivity contribution >= 4 is 5.91 Å². The predicted molar refractivity (Wildman–Crippen MR) is 75.2 cm³/mol. The number of methoxy groups -OCH3 is 1. The molecule has 0 aliphatic heterocycles. The lowest BCUT2D eigenvalue weighted by atomic mass is 9.85. The van der Waals surface area contributed by atoms with Crippen LogP contribution in [0.4, 0.5) is 4.39 Å². The van der Waals surface area contributed by atoms with Crippen LogP contribution < -0.4 is 15.8 Å². The van der Waals surface area contributed by atoms with Gasteiger partial charge in [-0.3, -0.25) is 4.79 Å². The molecule has 1 aliphatic carbocycles. The van der Waals surface area contributed by atoms with Crippen molar-refractivity contribution in [1.82, 2.24) is 5.32 Å². The summed E-state index contributed by atoms with van der Waals surface area (Å²) in [4.78, 5) is 12.0. The minimum Gasteiger partial charge on any atom is -0.494 e. The van der Waals surface area contributed by atoms with Crippen molar-refractivity contribution in [2.24, 2.45) is 11.7 Å². The summed E-state index contributed by atoms with van der Waals surface area (Å²) in [6.45, 7) is 0.549. The zero-order valence-electron chi connectivity index (χ0n) is 11.7. The van der Waals surface area contributed by atoms with Gasteiger partial charge in [0.15, 0.2) is 11.6 Å². The van der Waals surface area contributed by atoms with E-state index in [2.05, 4.69) is 5.32 Å². The molecule has 1 fully saturated rings. The van der Waals surface area contributed by atoms with Gasteiger partial charge in [0.1, 0.15) is 0 Å². The molecule has 1 saturated carbocycles. The number of carbonyl (C=O) groups is 1. The van der Waals surface area contributed by atoms with Gasteiger partial charge >= 0.3 is 0 Å². The summed E-state index contributed by atoms with van der Waals surface area (Å²) in [6.07, 6.45) is 4.37. The van der Waals surface area contributed by atoms with Gasteiger partial charge in [-0.2, -0.15) is 0 Å². The predicted octanol–water partition coefficient (Wildman–Crippen LogP) is 2.08. The highest BCUT2D eigenvalue weighted by atomic mass is 19.1. The van der Waals surface area contributed by atoms with E-state index in [-0.39, 0.29) is 17.7 Å². The van der Waals surface area contributed by atoms with E-state index in [0.717, 1.165) is 25.7 Å². The van der Waals surface area contributed by atoms with Crippen LogP contribution in [0.3, 0.4) is 0 Å². The smallest absolute Gasteiger partial charge is 0.251 e. The summed E-state index contributed by atoms with van der Waals surface area (Å²) in [5, 5.41) is 2.84. The van der Waals surface area contributed by atoms with E-state index in [1.165, 1.54) is 19.2 Å². The molecule has 20 heavy (non-hydrogen) atoms. The van der Waals surface area contributed by atoms with Crippen molar-refractivity contribution in [3.8, 4) is 5.75 Å². The van der Waals surface area contributed by atoms with Gasteiger partial charge in [0.2, 0.25) is 0 Å². The fourth-order valence-electron chi connectivity index (χ4n) is 2.62. The zero-order valence-corrected chi connectivity index (χ0v) is 11.7. The largest absolute Gasteiger partial charge is 0.494 e. The lowest BCUT2D eigenvalue weighted by molar-refractivity contribution is 0.0941. The minimum absolute atomic E-state index is 0.135. The third kappa shape index (κ3) is 3.48. The third-order valence-corrected chi connectivity index (χ3v) is 3.91. The van der Waals surface area contributed by atoms with Gasteiger partial charge in [0.05, 0.1) is 7.11 Å². The van der Waals surface area contributed by atoms with Crippen molar-refractivity contribution < 1.29 is 13.9 Å². The Labute approximate surface area is 118 Å². The van der Waals surface area contributed by atoms with Crippen molar-refractivity contribution in [2.75, 3.05) is 13.7 Å². The highest BCUT2D eigenvalue weighted by Gasteiger charge is 2.22. The molecule has 0 bridgehead atoms. The van der Waals surface area contributed by atoms with E-state index < -0.39 is 5.82 Å². The lowest BCUT2D eigenvalue weighted by Crippen LogP contribution is -2.41. The molecule has 110 valence electrons. The fourth-order valence-corrected chi connectivity index (χ4v) is 2.62. The maximum Gasteiger partial charge on any atom is 0.251 e. The van der Waals surface area contributed by atoms with Gasteiger partial charge < -0.3 is 15.8 Å². The first-order valence-electron chi connectivity index (χ1n) is 6.99. The maximum absolute atomic E-state index is 13.5. The highest BCUT2D eigenvalue weighted by Crippen LogP contribution is 2.22. The second-order valence-corrected chi connectivity index (χ2v) is 5.27. The number of nitrogens with one attached hydrogen (secondary N) is 1. The summed E-state index contributed by atoms with van der Waals surface area (Å²) in [7, 11) is 1.39. The van der Waals surface area contributed by atoms with E-state index in [9.17, 15) is 9.18 Å². The van der Waals surface area contributed by atoms with Crippen molar-refractivity contribution in [3.05, 3.63) is 29.6 Å². The topological polar surface area (TPSA) is 64.3 Å². The van der Waals surface area contributed by atoms with Crippen LogP contribution in [0.2, 0.25) is 0 Å². The molecular formula is C15H21FN2O2. The van der Waals surface area contributed by atoms with Crippen LogP contribution in [0.1, 0.15) is 36.0 Å². The van der Waals surface area contributed by atoms with Crippen LogP contribution in [-0.4, -0.2) is 25.6 Å². The fraction of sp³-hybridized carbons (Fsp3) is 0.533. The maximum atomic E-state index is 13.5. The van der Waals surface area contributed by atoms with E-state index in [1.54, 1.807) is 6.07 Å². The van der Waals surface area contributed by atoms with Gasteiger partial charge in [0, 0.05) is 18.2 Å². The average Bonchev–Trinajstić information content (AvgIpc) is 2.46. The summed E-state index contributed by atoms with van der Waals surface area (Å²) in [5.41, 5.74) is 6.34. The van der Waals surface area contributed by atoms with Crippen LogP contribution in [0.5, 0.6) is 5.75 Å². The highest BCUT2D eigenvalue weighted by molar-refractivity contribution is 5.94. The SMILES string of the molecule is COc1ccc(C(=O)NCC2CCCCC2N)cc1F. The number of amides is 1. The summed E-state index contributed by atoms with van der Waals surface area (Å²) in [6, 6.07) is 4.35. The number of nitrogens with two attached hydrogens (primary N) is 1. The number of carbonyl (C=O) groups excluding carboxylic acids is 1. The standard InChI is InChI=1S/C15H21FN2O2/c1-20-14-7-6-10(8-12(14)16)15(19)18-9-11-4-2-3-5-13(11)17/h6-8,11,13H,2-5,9,17H2,1H3,(H,18,19). The molecule has 0 saturated heterocycles. The zero-order chi connectivity index (χ0) is 14.5. The molecule has 1 aromatic rings. The number of rotatable bonds is 4. The molecule has 1 amide bonds. The Kier molecular flexibility index (Phi) is 4.95. The molecular weight excluding hydrogens is 259 g/mol. The molecule has 0 spiro atoms. The molecule has 2 rings (SSSR count). The molecule has 3 N–H and O–H groups in total.